The number of hydrogen-bond acceptors (Lipinski definition) is 2. The highest BCUT2D eigenvalue weighted by Crippen LogP contribution is 2.40. The van der Waals surface area contributed by atoms with E-state index in [2.05, 4.69) is 15.6 Å². The van der Waals surface area contributed by atoms with Gasteiger partial charge in [-0.25, -0.2) is 4.98 Å². The van der Waals surface area contributed by atoms with Gasteiger partial charge in [-0.1, -0.05) is 17.7 Å². The van der Waals surface area contributed by atoms with E-state index in [0.717, 1.165) is 16.9 Å². The van der Waals surface area contributed by atoms with Crippen LogP contribution >= 0.6 is 11.6 Å². The van der Waals surface area contributed by atoms with Crippen LogP contribution in [0.3, 0.4) is 0 Å². The zero-order valence-electron chi connectivity index (χ0n) is 9.15. The van der Waals surface area contributed by atoms with E-state index in [9.17, 15) is 0 Å². The second-order valence-electron chi connectivity index (χ2n) is 4.47. The fourth-order valence-electron chi connectivity index (χ4n) is 2.14. The largest absolute Gasteiger partial charge is 0.324 e. The third-order valence-electron chi connectivity index (χ3n) is 3.02. The van der Waals surface area contributed by atoms with E-state index >= 15 is 0 Å². The molecule has 1 aromatic heterocycles. The number of benzene rings is 1. The molecule has 4 heteroatoms. The van der Waals surface area contributed by atoms with Gasteiger partial charge in [-0.3, -0.25) is 0 Å². The normalized spacial score (nSPS) is 17.9. The molecule has 84 valence electrons. The van der Waals surface area contributed by atoms with Crippen molar-refractivity contribution < 1.29 is 0 Å². The van der Waals surface area contributed by atoms with Gasteiger partial charge in [0, 0.05) is 6.04 Å². The number of para-hydroxylation sites is 1. The first-order valence-corrected chi connectivity index (χ1v) is 5.98. The van der Waals surface area contributed by atoms with Gasteiger partial charge in [0.25, 0.3) is 0 Å². The van der Waals surface area contributed by atoms with Crippen molar-refractivity contribution in [3.8, 4) is 0 Å². The highest BCUT2D eigenvalue weighted by molar-refractivity contribution is 6.34. The number of halogens is 1. The summed E-state index contributed by atoms with van der Waals surface area (Å²) in [6, 6.07) is 6.43. The van der Waals surface area contributed by atoms with Crippen LogP contribution in [-0.2, 0) is 0 Å². The van der Waals surface area contributed by atoms with Crippen molar-refractivity contribution in [3.63, 3.8) is 0 Å². The summed E-state index contributed by atoms with van der Waals surface area (Å²) in [5, 5.41) is 0.707. The molecule has 2 N–H and O–H groups in total. The first-order valence-electron chi connectivity index (χ1n) is 5.60. The predicted molar refractivity (Wildman–Crippen MR) is 65.6 cm³/mol. The number of fused-ring (bicyclic) bond motifs is 1. The molecular weight excluding hydrogens is 222 g/mol. The lowest BCUT2D eigenvalue weighted by Gasteiger charge is -2.09. The maximum absolute atomic E-state index is 6.16. The number of imidazole rings is 1. The molecule has 3 rings (SSSR count). The molecular formula is C12H14ClN3. The van der Waals surface area contributed by atoms with Gasteiger partial charge in [-0.05, 0) is 31.9 Å². The van der Waals surface area contributed by atoms with E-state index in [1.807, 2.05) is 19.1 Å². The monoisotopic (exact) mass is 235 g/mol. The minimum Gasteiger partial charge on any atom is -0.324 e. The molecule has 1 aliphatic carbocycles. The molecule has 1 aliphatic rings. The highest BCUT2D eigenvalue weighted by Gasteiger charge is 2.29. The Morgan fingerprint density at radius 2 is 2.25 bits per heavy atom. The van der Waals surface area contributed by atoms with Gasteiger partial charge in [0.05, 0.1) is 16.6 Å². The van der Waals surface area contributed by atoms with E-state index in [1.165, 1.54) is 12.8 Å². The van der Waals surface area contributed by atoms with Crippen molar-refractivity contribution in [2.75, 3.05) is 0 Å². The minimum absolute atomic E-state index is 0.0518. The predicted octanol–water partition coefficient (Wildman–Crippen LogP) is 3.04. The lowest BCUT2D eigenvalue weighted by atomic mass is 10.3. The summed E-state index contributed by atoms with van der Waals surface area (Å²) in [7, 11) is 0. The molecule has 3 nitrogen and oxygen atoms in total. The molecule has 0 spiro atoms. The molecule has 0 amide bonds. The average molecular weight is 236 g/mol. The zero-order valence-corrected chi connectivity index (χ0v) is 9.91. The van der Waals surface area contributed by atoms with Crippen LogP contribution in [0.2, 0.25) is 5.02 Å². The standard InChI is InChI=1S/C12H14ClN3/c1-7(14)12-15-11-9(13)3-2-4-10(11)16(12)8-5-6-8/h2-4,7-8H,5-6,14H2,1H3/t7-/m0/s1. The lowest BCUT2D eigenvalue weighted by molar-refractivity contribution is 0.639. The minimum atomic E-state index is -0.0518. The molecule has 1 saturated carbocycles. The number of nitrogens with zero attached hydrogens (tertiary/aromatic N) is 2. The number of hydrogen-bond donors (Lipinski definition) is 1. The summed E-state index contributed by atoms with van der Waals surface area (Å²) >= 11 is 6.16. The first-order chi connectivity index (χ1) is 7.68. The Labute approximate surface area is 99.2 Å². The van der Waals surface area contributed by atoms with Gasteiger partial charge >= 0.3 is 0 Å². The van der Waals surface area contributed by atoms with Gasteiger partial charge in [0.2, 0.25) is 0 Å². The molecule has 0 aliphatic heterocycles. The Morgan fingerprint density at radius 3 is 2.88 bits per heavy atom. The van der Waals surface area contributed by atoms with Gasteiger partial charge in [-0.15, -0.1) is 0 Å². The van der Waals surface area contributed by atoms with Crippen molar-refractivity contribution in [3.05, 3.63) is 29.0 Å². The second-order valence-corrected chi connectivity index (χ2v) is 4.87. The van der Waals surface area contributed by atoms with E-state index < -0.39 is 0 Å². The fourth-order valence-corrected chi connectivity index (χ4v) is 2.35. The van der Waals surface area contributed by atoms with E-state index in [4.69, 9.17) is 17.3 Å². The van der Waals surface area contributed by atoms with E-state index in [-0.39, 0.29) is 6.04 Å². The van der Waals surface area contributed by atoms with Crippen molar-refractivity contribution in [2.24, 2.45) is 5.73 Å². The third kappa shape index (κ3) is 1.43. The Morgan fingerprint density at radius 1 is 1.50 bits per heavy atom. The van der Waals surface area contributed by atoms with Crippen LogP contribution in [0.4, 0.5) is 0 Å². The molecule has 1 aromatic carbocycles. The Kier molecular flexibility index (Phi) is 2.19. The summed E-state index contributed by atoms with van der Waals surface area (Å²) in [5.41, 5.74) is 7.96. The summed E-state index contributed by atoms with van der Waals surface area (Å²) in [5.74, 6) is 0.950. The van der Waals surface area contributed by atoms with Gasteiger partial charge in [-0.2, -0.15) is 0 Å². The van der Waals surface area contributed by atoms with Crippen LogP contribution < -0.4 is 5.73 Å². The summed E-state index contributed by atoms with van der Waals surface area (Å²) < 4.78 is 2.26. The van der Waals surface area contributed by atoms with Crippen molar-refractivity contribution >= 4 is 22.6 Å². The molecule has 1 fully saturated rings. The number of aromatic nitrogens is 2. The fraction of sp³-hybridized carbons (Fsp3) is 0.417. The quantitative estimate of drug-likeness (QED) is 0.870. The van der Waals surface area contributed by atoms with E-state index in [0.29, 0.717) is 11.1 Å². The van der Waals surface area contributed by atoms with Crippen LogP contribution in [0.1, 0.15) is 37.7 Å². The average Bonchev–Trinajstić information content (AvgIpc) is 2.99. The highest BCUT2D eigenvalue weighted by atomic mass is 35.5. The van der Waals surface area contributed by atoms with Gasteiger partial charge < -0.3 is 10.3 Å². The summed E-state index contributed by atoms with van der Waals surface area (Å²) in [6.07, 6.45) is 2.44. The zero-order chi connectivity index (χ0) is 11.3. The summed E-state index contributed by atoms with van der Waals surface area (Å²) in [6.45, 7) is 1.97. The first kappa shape index (κ1) is 10.1. The molecule has 0 unspecified atom stereocenters. The molecule has 0 radical (unpaired) electrons. The molecule has 2 aromatic rings. The lowest BCUT2D eigenvalue weighted by Crippen LogP contribution is -2.12. The van der Waals surface area contributed by atoms with Gasteiger partial charge in [0.1, 0.15) is 11.3 Å². The van der Waals surface area contributed by atoms with Crippen molar-refractivity contribution in [1.29, 1.82) is 0 Å². The third-order valence-corrected chi connectivity index (χ3v) is 3.32. The summed E-state index contributed by atoms with van der Waals surface area (Å²) in [4.78, 5) is 4.58. The molecule has 1 atom stereocenters. The van der Waals surface area contributed by atoms with Crippen LogP contribution in [0.15, 0.2) is 18.2 Å². The second kappa shape index (κ2) is 3.47. The molecule has 1 heterocycles. The van der Waals surface area contributed by atoms with Crippen LogP contribution in [0.5, 0.6) is 0 Å². The smallest absolute Gasteiger partial charge is 0.126 e. The van der Waals surface area contributed by atoms with Crippen LogP contribution in [-0.4, -0.2) is 9.55 Å². The molecule has 16 heavy (non-hydrogen) atoms. The maximum Gasteiger partial charge on any atom is 0.126 e. The van der Waals surface area contributed by atoms with Gasteiger partial charge in [0.15, 0.2) is 0 Å². The van der Waals surface area contributed by atoms with Crippen molar-refractivity contribution in [1.82, 2.24) is 9.55 Å². The SMILES string of the molecule is C[C@H](N)c1nc2c(Cl)cccc2n1C1CC1. The Balaban J connectivity index is 2.32. The van der Waals surface area contributed by atoms with E-state index in [1.54, 1.807) is 0 Å². The Hall–Kier alpha value is -1.06. The van der Waals surface area contributed by atoms with Crippen molar-refractivity contribution in [2.45, 2.75) is 31.8 Å². The number of rotatable bonds is 2. The molecule has 0 saturated heterocycles. The van der Waals surface area contributed by atoms with Crippen LogP contribution in [0.25, 0.3) is 11.0 Å². The maximum atomic E-state index is 6.16. The van der Waals surface area contributed by atoms with Crippen LogP contribution in [0, 0.1) is 0 Å². The molecule has 0 bridgehead atoms. The topological polar surface area (TPSA) is 43.8 Å². The Bertz CT molecular complexity index is 540. The number of nitrogens with two attached hydrogens (primary N) is 1.